The molecule has 17 aromatic rings. The van der Waals surface area contributed by atoms with Gasteiger partial charge in [0.05, 0.1) is 67.2 Å². The number of hydrogen-bond acceptors (Lipinski definition) is 3. The first-order valence-corrected chi connectivity index (χ1v) is 35.3. The monoisotopic (exact) mass is 1320 g/mol. The lowest BCUT2D eigenvalue weighted by Crippen LogP contribution is -2.31. The van der Waals surface area contributed by atoms with Crippen molar-refractivity contribution in [3.05, 3.63) is 337 Å². The molecular weight excluding hydrogens is 1240 g/mol. The molecule has 0 spiro atoms. The van der Waals surface area contributed by atoms with Gasteiger partial charge in [0.2, 0.25) is 0 Å². The average molecular weight is 1320 g/mol. The van der Waals surface area contributed by atoms with E-state index in [0.29, 0.717) is 17.0 Å². The summed E-state index contributed by atoms with van der Waals surface area (Å²) in [4.78, 5) is 4.78. The van der Waals surface area contributed by atoms with E-state index >= 15 is 0 Å². The van der Waals surface area contributed by atoms with E-state index < -0.39 is 54.3 Å². The molecule has 0 radical (unpaired) electrons. The molecule has 5 nitrogen and oxygen atoms in total. The van der Waals surface area contributed by atoms with E-state index in [9.17, 15) is 11.0 Å². The molecule has 14 aromatic carbocycles. The van der Waals surface area contributed by atoms with Gasteiger partial charge in [0, 0.05) is 60.7 Å². The summed E-state index contributed by atoms with van der Waals surface area (Å²) in [7, 11) is 0. The minimum absolute atomic E-state index is 0.0132. The summed E-state index contributed by atoms with van der Waals surface area (Å²) in [5, 5.41) is 4.16. The molecule has 102 heavy (non-hydrogen) atoms. The second-order valence-corrected chi connectivity index (χ2v) is 30.7. The van der Waals surface area contributed by atoms with E-state index in [0.717, 1.165) is 133 Å². The molecule has 0 N–H and O–H groups in total. The number of nitrogens with zero attached hydrogens (tertiary/aromatic N) is 4. The maximum Gasteiger partial charge on any atom is 0.143 e. The Labute approximate surface area is 607 Å². The maximum atomic E-state index is 10.1. The lowest BCUT2D eigenvalue weighted by molar-refractivity contribution is 0.590. The number of aromatic nitrogens is 2. The van der Waals surface area contributed by atoms with E-state index in [1.54, 1.807) is 4.57 Å². The van der Waals surface area contributed by atoms with Crippen molar-refractivity contribution in [2.75, 3.05) is 9.80 Å². The minimum atomic E-state index is -0.775. The number of para-hydroxylation sites is 4. The second-order valence-electron chi connectivity index (χ2n) is 30.7. The van der Waals surface area contributed by atoms with Gasteiger partial charge < -0.3 is 23.4 Å². The van der Waals surface area contributed by atoms with Gasteiger partial charge in [-0.15, -0.1) is 0 Å². The van der Waals surface area contributed by atoms with Crippen LogP contribution in [-0.4, -0.2) is 9.13 Å². The predicted molar refractivity (Wildman–Crippen MR) is 431 cm³/mol. The highest BCUT2D eigenvalue weighted by Gasteiger charge is 2.44. The SMILES string of the molecule is [2H]c1c([2H])c([2H])c2c(c1[2H])c1c([2H])c([2H])c([2H])c([2H])c1n2-c1cc2c3c(c1)N(c1ccccc1-c1ccccc1)c1ccc(-c4ccc(C(C)(C)C)cc4)cc1N3c1ccc(-n3c4ccc(C(C)(C)C)cc4c4cc(C(C)(C)C)ccc43)cc1C2c1c(-c2ccccc2)cc2c(oc3ccccc32)c1-c1ccccc1. The summed E-state index contributed by atoms with van der Waals surface area (Å²) in [6.07, 6.45) is 0. The Kier molecular flexibility index (Phi) is 11.9. The molecule has 1 unspecified atom stereocenters. The zero-order chi connectivity index (χ0) is 76.0. The molecule has 0 aliphatic carbocycles. The highest BCUT2D eigenvalue weighted by molar-refractivity contribution is 6.16. The molecule has 19 rings (SSSR count). The molecule has 5 heteroatoms. The largest absolute Gasteiger partial charge is 0.455 e. The Morgan fingerprint density at radius 1 is 0.324 bits per heavy atom. The second kappa shape index (κ2) is 22.8. The van der Waals surface area contributed by atoms with Gasteiger partial charge in [0.1, 0.15) is 11.2 Å². The molecule has 3 aromatic heterocycles. The summed E-state index contributed by atoms with van der Waals surface area (Å²) >= 11 is 0. The highest BCUT2D eigenvalue weighted by Crippen LogP contribution is 2.65. The van der Waals surface area contributed by atoms with Crippen molar-refractivity contribution >= 4 is 99.7 Å². The Morgan fingerprint density at radius 2 is 0.853 bits per heavy atom. The summed E-state index contributed by atoms with van der Waals surface area (Å²) in [5.41, 5.74) is 23.5. The molecule has 0 saturated heterocycles. The molecule has 0 amide bonds. The fraction of sp³-hybridized carbons (Fsp3) is 0.134. The van der Waals surface area contributed by atoms with Crippen LogP contribution < -0.4 is 9.80 Å². The third kappa shape index (κ3) is 9.58. The van der Waals surface area contributed by atoms with Crippen molar-refractivity contribution in [1.29, 1.82) is 0 Å². The van der Waals surface area contributed by atoms with Gasteiger partial charge >= 0.3 is 0 Å². The number of rotatable bonds is 8. The molecule has 2 aliphatic rings. The van der Waals surface area contributed by atoms with Gasteiger partial charge in [-0.25, -0.2) is 0 Å². The minimum Gasteiger partial charge on any atom is -0.455 e. The van der Waals surface area contributed by atoms with E-state index in [1.807, 2.05) is 24.3 Å². The van der Waals surface area contributed by atoms with Crippen molar-refractivity contribution in [2.24, 2.45) is 0 Å². The van der Waals surface area contributed by atoms with Crippen LogP contribution in [0.4, 0.5) is 34.1 Å². The van der Waals surface area contributed by atoms with Crippen LogP contribution in [-0.2, 0) is 16.2 Å². The van der Waals surface area contributed by atoms with E-state index in [2.05, 4.69) is 307 Å². The quantitative estimate of drug-likeness (QED) is 0.152. The molecule has 0 saturated carbocycles. The molecule has 492 valence electrons. The highest BCUT2D eigenvalue weighted by atomic mass is 16.3. The number of benzene rings is 14. The third-order valence-electron chi connectivity index (χ3n) is 21.4. The Morgan fingerprint density at radius 3 is 1.49 bits per heavy atom. The number of fused-ring (bicyclic) bond motifs is 13. The summed E-state index contributed by atoms with van der Waals surface area (Å²) in [6.45, 7) is 20.3. The van der Waals surface area contributed by atoms with Gasteiger partial charge in [0.25, 0.3) is 0 Å². The van der Waals surface area contributed by atoms with Gasteiger partial charge in [0.15, 0.2) is 0 Å². The topological polar surface area (TPSA) is 29.5 Å². The molecule has 5 heterocycles. The van der Waals surface area contributed by atoms with E-state index in [1.165, 1.54) is 16.7 Å². The van der Waals surface area contributed by atoms with Crippen LogP contribution in [0.5, 0.6) is 0 Å². The first kappa shape index (κ1) is 53.0. The van der Waals surface area contributed by atoms with Crippen LogP contribution in [0.3, 0.4) is 0 Å². The van der Waals surface area contributed by atoms with Crippen molar-refractivity contribution < 1.29 is 15.4 Å². The zero-order valence-corrected chi connectivity index (χ0v) is 58.5. The van der Waals surface area contributed by atoms with E-state index in [-0.39, 0.29) is 38.1 Å². The van der Waals surface area contributed by atoms with Gasteiger partial charge in [-0.3, -0.25) is 0 Å². The van der Waals surface area contributed by atoms with E-state index in [4.69, 9.17) is 4.42 Å². The normalized spacial score (nSPS) is 14.9. The predicted octanol–water partition coefficient (Wildman–Crippen LogP) is 27.1. The van der Waals surface area contributed by atoms with Crippen LogP contribution in [0.25, 0.3) is 121 Å². The smallest absolute Gasteiger partial charge is 0.143 e. The fourth-order valence-corrected chi connectivity index (χ4v) is 16.3. The average Bonchev–Trinajstić information content (AvgIpc) is 1.50. The van der Waals surface area contributed by atoms with Crippen LogP contribution in [0.2, 0.25) is 0 Å². The standard InChI is InChI=1S/C97H78N4O/c1-95(2,3)65-44-41-60(42-45-65)64-43-49-86-87(53-64)101-85-52-48-68(98-83-50-46-66(96(4,5)6)54-75(83)76-55-67(97(7,8)9)47-51-84(76)98)56-78(85)91(92-74(62-29-15-11-16-30-62)59-77-73-36-22-26-40-89(73)102-94(77)90(92)63-31-17-12-18-32-63)79-57-69(99-81-38-24-20-34-71(81)72-35-21-25-39-82(72)99)58-88(93(79)101)100(86)80-37-23-19-33-70(80)61-27-13-10-14-28-61/h10-59,91H,1-9H3/i20D,21D,24D,25D,34D,35D,38D,39D. The van der Waals surface area contributed by atoms with Gasteiger partial charge in [-0.05, 0) is 180 Å². The zero-order valence-electron chi connectivity index (χ0n) is 66.5. The van der Waals surface area contributed by atoms with Crippen LogP contribution in [0, 0.1) is 0 Å². The summed E-state index contributed by atoms with van der Waals surface area (Å²) in [5.74, 6) is -0.775. The number of hydrogen-bond donors (Lipinski definition) is 0. The molecule has 0 bridgehead atoms. The molecule has 2 aliphatic heterocycles. The number of anilines is 6. The van der Waals surface area contributed by atoms with Crippen molar-refractivity contribution in [2.45, 2.75) is 84.5 Å². The summed E-state index contributed by atoms with van der Waals surface area (Å²) < 4.78 is 88.9. The Balaban J connectivity index is 1.04. The summed E-state index contributed by atoms with van der Waals surface area (Å²) in [6, 6.07) is 87.7. The Hall–Kier alpha value is -11.9. The first-order valence-electron chi connectivity index (χ1n) is 39.3. The number of furan rings is 1. The first-order chi connectivity index (χ1) is 52.8. The van der Waals surface area contributed by atoms with Crippen molar-refractivity contribution in [3.8, 4) is 55.9 Å². The lowest BCUT2D eigenvalue weighted by atomic mass is 9.73. The van der Waals surface area contributed by atoms with Gasteiger partial charge in [-0.1, -0.05) is 268 Å². The van der Waals surface area contributed by atoms with Crippen LogP contribution in [0.15, 0.2) is 308 Å². The van der Waals surface area contributed by atoms with Gasteiger partial charge in [-0.2, -0.15) is 0 Å². The molecule has 1 atom stereocenters. The van der Waals surface area contributed by atoms with Crippen LogP contribution in [0.1, 0.15) is 113 Å². The Bertz CT molecular complexity index is 6610. The molecular formula is C97H78N4O. The fourth-order valence-electron chi connectivity index (χ4n) is 16.3. The van der Waals surface area contributed by atoms with Crippen molar-refractivity contribution in [1.82, 2.24) is 9.13 Å². The molecule has 0 fully saturated rings. The lowest BCUT2D eigenvalue weighted by Gasteiger charge is -2.47. The maximum absolute atomic E-state index is 10.1. The van der Waals surface area contributed by atoms with Crippen LogP contribution >= 0.6 is 0 Å². The van der Waals surface area contributed by atoms with Crippen molar-refractivity contribution in [3.63, 3.8) is 0 Å². The third-order valence-corrected chi connectivity index (χ3v) is 21.4.